The second kappa shape index (κ2) is 8.91. The van der Waals surface area contributed by atoms with Gasteiger partial charge in [-0.15, -0.1) is 0 Å². The number of hydrazone groups is 1. The largest absolute Gasteiger partial charge is 0.457 e. The van der Waals surface area contributed by atoms with Gasteiger partial charge in [0.1, 0.15) is 5.82 Å². The molecule has 0 saturated carbocycles. The highest BCUT2D eigenvalue weighted by atomic mass is 35.5. The highest BCUT2D eigenvalue weighted by Gasteiger charge is 2.33. The third-order valence-electron chi connectivity index (χ3n) is 4.73. The molecule has 1 atom stereocenters. The highest BCUT2D eigenvalue weighted by molar-refractivity contribution is 6.37. The average Bonchev–Trinajstić information content (AvgIpc) is 3.42. The van der Waals surface area contributed by atoms with Gasteiger partial charge < -0.3 is 9.25 Å². The number of hydrogen-bond acceptors (Lipinski definition) is 5. The van der Waals surface area contributed by atoms with Gasteiger partial charge in [0.25, 0.3) is 0 Å². The van der Waals surface area contributed by atoms with Gasteiger partial charge in [-0.1, -0.05) is 52.6 Å². The van der Waals surface area contributed by atoms with Crippen LogP contribution in [0.1, 0.15) is 41.1 Å². The van der Waals surface area contributed by atoms with Crippen molar-refractivity contribution in [2.24, 2.45) is 10.3 Å². The second-order valence-electron chi connectivity index (χ2n) is 6.75. The predicted molar refractivity (Wildman–Crippen MR) is 116 cm³/mol. The molecule has 0 spiro atoms. The lowest BCUT2D eigenvalue weighted by Gasteiger charge is -2.23. The third kappa shape index (κ3) is 4.47. The number of oxime groups is 1. The van der Waals surface area contributed by atoms with Crippen molar-refractivity contribution in [3.05, 3.63) is 93.6 Å². The molecule has 0 radical (unpaired) electrons. The van der Waals surface area contributed by atoms with E-state index in [1.54, 1.807) is 49.4 Å². The summed E-state index contributed by atoms with van der Waals surface area (Å²) in [4.78, 5) is 17.0. The van der Waals surface area contributed by atoms with Crippen LogP contribution in [0.15, 0.2) is 75.5 Å². The first-order valence-electron chi connectivity index (χ1n) is 9.30. The number of rotatable bonds is 4. The second-order valence-corrected chi connectivity index (χ2v) is 7.60. The predicted octanol–water partition coefficient (Wildman–Crippen LogP) is 6.07. The van der Waals surface area contributed by atoms with Gasteiger partial charge in [0.15, 0.2) is 5.84 Å². The van der Waals surface area contributed by atoms with E-state index in [4.69, 9.17) is 32.5 Å². The Morgan fingerprint density at radius 3 is 2.74 bits per heavy atom. The summed E-state index contributed by atoms with van der Waals surface area (Å²) >= 11 is 12.4. The number of furan rings is 1. The van der Waals surface area contributed by atoms with Crippen molar-refractivity contribution < 1.29 is 18.4 Å². The van der Waals surface area contributed by atoms with Crippen molar-refractivity contribution in [1.29, 1.82) is 0 Å². The maximum absolute atomic E-state index is 14.6. The number of hydrogen-bond donors (Lipinski definition) is 0. The Morgan fingerprint density at radius 2 is 2.03 bits per heavy atom. The first kappa shape index (κ1) is 21.1. The molecule has 31 heavy (non-hydrogen) atoms. The Bertz CT molecular complexity index is 1180. The van der Waals surface area contributed by atoms with Crippen molar-refractivity contribution in [2.75, 3.05) is 0 Å². The van der Waals surface area contributed by atoms with Gasteiger partial charge in [0.05, 0.1) is 23.0 Å². The number of halogens is 3. The highest BCUT2D eigenvalue weighted by Crippen LogP contribution is 2.36. The molecule has 1 aliphatic rings. The van der Waals surface area contributed by atoms with Crippen LogP contribution in [0.5, 0.6) is 0 Å². The number of carbonyl (C=O) groups excluding carboxylic acids is 1. The van der Waals surface area contributed by atoms with E-state index in [-0.39, 0.29) is 17.4 Å². The van der Waals surface area contributed by atoms with E-state index in [9.17, 15) is 9.18 Å². The molecule has 1 unspecified atom stereocenters. The fourth-order valence-electron chi connectivity index (χ4n) is 3.27. The molecule has 158 valence electrons. The van der Waals surface area contributed by atoms with Crippen LogP contribution in [-0.2, 0) is 4.84 Å². The van der Waals surface area contributed by atoms with Crippen LogP contribution in [0.4, 0.5) is 4.39 Å². The van der Waals surface area contributed by atoms with Gasteiger partial charge in [-0.2, -0.15) is 5.10 Å². The van der Waals surface area contributed by atoms with Crippen molar-refractivity contribution in [2.45, 2.75) is 19.4 Å². The van der Waals surface area contributed by atoms with Crippen LogP contribution in [0.25, 0.3) is 0 Å². The molecule has 1 aromatic heterocycles. The van der Waals surface area contributed by atoms with E-state index in [0.717, 1.165) is 0 Å². The summed E-state index contributed by atoms with van der Waals surface area (Å²) in [7, 11) is 0. The lowest BCUT2D eigenvalue weighted by atomic mass is 9.98. The fraction of sp³-hybridized carbons (Fsp3) is 0.136. The van der Waals surface area contributed by atoms with Crippen LogP contribution in [0.2, 0.25) is 10.0 Å². The summed E-state index contributed by atoms with van der Waals surface area (Å²) in [6.07, 6.45) is 1.72. The quantitative estimate of drug-likeness (QED) is 0.205. The molecule has 6 nitrogen and oxygen atoms in total. The van der Waals surface area contributed by atoms with Crippen molar-refractivity contribution in [3.8, 4) is 0 Å². The Kier molecular flexibility index (Phi) is 6.06. The molecule has 0 saturated heterocycles. The minimum absolute atomic E-state index is 0.0146. The summed E-state index contributed by atoms with van der Waals surface area (Å²) < 4.78 is 19.6. The van der Waals surface area contributed by atoms with Crippen LogP contribution in [-0.4, -0.2) is 22.5 Å². The standard InChI is InChI=1S/C22H16Cl2FN3O3/c1-13(27-31-22(29)21-7-4-10-30-21)28-20(16-5-2-3-6-18(16)25)12-19(26-28)15-9-8-14(23)11-17(15)24/h2-11,20H,12H2,1H3/b27-13-. The SMILES string of the molecule is C/C(=N/OC(=O)c1ccco1)N1N=C(c2ccc(Cl)cc2Cl)CC1c1ccccc1F. The Hall–Kier alpha value is -3.16. The van der Waals surface area contributed by atoms with E-state index in [1.807, 2.05) is 0 Å². The van der Waals surface area contributed by atoms with Crippen molar-refractivity contribution in [1.82, 2.24) is 5.01 Å². The molecule has 3 aromatic rings. The zero-order chi connectivity index (χ0) is 22.0. The topological polar surface area (TPSA) is 67.4 Å². The number of carbonyl (C=O) groups is 1. The lowest BCUT2D eigenvalue weighted by Crippen LogP contribution is -2.26. The van der Waals surface area contributed by atoms with Crippen LogP contribution < -0.4 is 0 Å². The van der Waals surface area contributed by atoms with Crippen LogP contribution in [0, 0.1) is 5.82 Å². The van der Waals surface area contributed by atoms with Gasteiger partial charge in [-0.3, -0.25) is 0 Å². The molecule has 4 rings (SSSR count). The maximum atomic E-state index is 14.6. The summed E-state index contributed by atoms with van der Waals surface area (Å²) in [6.45, 7) is 1.61. The zero-order valence-corrected chi connectivity index (χ0v) is 17.8. The Morgan fingerprint density at radius 1 is 1.23 bits per heavy atom. The molecule has 0 N–H and O–H groups in total. The lowest BCUT2D eigenvalue weighted by molar-refractivity contribution is 0.0471. The maximum Gasteiger partial charge on any atom is 0.400 e. The van der Waals surface area contributed by atoms with E-state index in [2.05, 4.69) is 10.3 Å². The van der Waals surface area contributed by atoms with Crippen LogP contribution in [0.3, 0.4) is 0 Å². The smallest absolute Gasteiger partial charge is 0.400 e. The van der Waals surface area contributed by atoms with Gasteiger partial charge >= 0.3 is 5.97 Å². The fourth-order valence-corrected chi connectivity index (χ4v) is 3.79. The molecular weight excluding hydrogens is 444 g/mol. The zero-order valence-electron chi connectivity index (χ0n) is 16.3. The van der Waals surface area contributed by atoms with E-state index < -0.39 is 12.0 Å². The third-order valence-corrected chi connectivity index (χ3v) is 5.28. The molecule has 2 aromatic carbocycles. The molecule has 0 aliphatic carbocycles. The number of benzene rings is 2. The molecular formula is C22H16Cl2FN3O3. The van der Waals surface area contributed by atoms with E-state index >= 15 is 0 Å². The molecule has 1 aliphatic heterocycles. The Labute approximate surface area is 187 Å². The van der Waals surface area contributed by atoms with Gasteiger partial charge in [-0.25, -0.2) is 14.2 Å². The first-order valence-corrected chi connectivity index (χ1v) is 10.1. The first-order chi connectivity index (χ1) is 14.9. The van der Waals surface area contributed by atoms with Gasteiger partial charge in [0, 0.05) is 22.6 Å². The molecule has 0 bridgehead atoms. The summed E-state index contributed by atoms with van der Waals surface area (Å²) in [6, 6.07) is 14.0. The number of amidine groups is 1. The van der Waals surface area contributed by atoms with Crippen LogP contribution >= 0.6 is 23.2 Å². The normalized spacial score (nSPS) is 16.4. The molecule has 0 amide bonds. The van der Waals surface area contributed by atoms with Gasteiger partial charge in [0.2, 0.25) is 5.76 Å². The summed E-state index contributed by atoms with van der Waals surface area (Å²) in [5, 5.41) is 10.9. The summed E-state index contributed by atoms with van der Waals surface area (Å²) in [5.74, 6) is -0.860. The van der Waals surface area contributed by atoms with Crippen molar-refractivity contribution in [3.63, 3.8) is 0 Å². The van der Waals surface area contributed by atoms with E-state index in [0.29, 0.717) is 33.3 Å². The van der Waals surface area contributed by atoms with Gasteiger partial charge in [-0.05, 0) is 37.3 Å². The minimum atomic E-state index is -0.754. The molecule has 9 heteroatoms. The Balaban J connectivity index is 1.67. The minimum Gasteiger partial charge on any atom is -0.457 e. The molecule has 2 heterocycles. The monoisotopic (exact) mass is 459 g/mol. The van der Waals surface area contributed by atoms with E-state index in [1.165, 1.54) is 23.4 Å². The summed E-state index contributed by atoms with van der Waals surface area (Å²) in [5.41, 5.74) is 1.73. The van der Waals surface area contributed by atoms with Crippen molar-refractivity contribution >= 4 is 40.7 Å². The number of nitrogens with zero attached hydrogens (tertiary/aromatic N) is 3. The molecule has 0 fully saturated rings. The average molecular weight is 460 g/mol.